The average Bonchev–Trinajstić information content (AvgIpc) is 3.20. The lowest BCUT2D eigenvalue weighted by Crippen LogP contribution is -2.33. The molecule has 0 amide bonds. The van der Waals surface area contributed by atoms with E-state index in [1.807, 2.05) is 6.92 Å². The summed E-state index contributed by atoms with van der Waals surface area (Å²) in [7, 11) is 0. The maximum atomic E-state index is 13.1. The van der Waals surface area contributed by atoms with Crippen LogP contribution < -0.4 is 10.2 Å². The molecule has 3 heterocycles. The van der Waals surface area contributed by atoms with E-state index in [4.69, 9.17) is 25.2 Å². The van der Waals surface area contributed by atoms with Crippen LogP contribution in [0, 0.1) is 6.92 Å². The summed E-state index contributed by atoms with van der Waals surface area (Å²) in [5.41, 5.74) is 1.08. The van der Waals surface area contributed by atoms with E-state index in [1.165, 1.54) is 19.3 Å². The second kappa shape index (κ2) is 7.79. The van der Waals surface area contributed by atoms with Crippen molar-refractivity contribution in [2.24, 2.45) is 0 Å². The molecule has 0 bridgehead atoms. The van der Waals surface area contributed by atoms with Gasteiger partial charge in [0.05, 0.1) is 11.6 Å². The summed E-state index contributed by atoms with van der Waals surface area (Å²) in [6.45, 7) is 5.23. The smallest absolute Gasteiger partial charge is 0.235 e. The molecule has 1 aliphatic heterocycles. The van der Waals surface area contributed by atoms with Crippen LogP contribution in [0.25, 0.3) is 22.5 Å². The zero-order chi connectivity index (χ0) is 18.8. The molecule has 1 saturated heterocycles. The fourth-order valence-corrected chi connectivity index (χ4v) is 3.62. The van der Waals surface area contributed by atoms with Crippen molar-refractivity contribution in [2.75, 3.05) is 26.2 Å². The highest BCUT2D eigenvalue weighted by atomic mass is 35.5. The SMILES string of the molecule is Cc1cc2oc(-c3ccco3)c(OCCN3CCCCC3)c(=O)c2cc1Cl. The second-order valence-corrected chi connectivity index (χ2v) is 7.32. The highest BCUT2D eigenvalue weighted by Gasteiger charge is 2.21. The first-order valence-electron chi connectivity index (χ1n) is 9.29. The molecule has 0 atom stereocenters. The Labute approximate surface area is 162 Å². The Morgan fingerprint density at radius 2 is 2.04 bits per heavy atom. The Morgan fingerprint density at radius 1 is 1.22 bits per heavy atom. The van der Waals surface area contributed by atoms with Gasteiger partial charge in [-0.05, 0) is 62.7 Å². The third kappa shape index (κ3) is 3.75. The molecule has 0 radical (unpaired) electrons. The van der Waals surface area contributed by atoms with Crippen molar-refractivity contribution in [3.63, 3.8) is 0 Å². The molecule has 1 fully saturated rings. The first-order chi connectivity index (χ1) is 13.1. The number of hydrogen-bond donors (Lipinski definition) is 0. The van der Waals surface area contributed by atoms with Crippen molar-refractivity contribution < 1.29 is 13.6 Å². The first kappa shape index (κ1) is 18.1. The van der Waals surface area contributed by atoms with E-state index in [0.717, 1.165) is 25.2 Å². The van der Waals surface area contributed by atoms with Crippen molar-refractivity contribution in [1.29, 1.82) is 0 Å². The van der Waals surface area contributed by atoms with Gasteiger partial charge in [0, 0.05) is 11.6 Å². The molecule has 0 unspecified atom stereocenters. The molecule has 0 aliphatic carbocycles. The zero-order valence-corrected chi connectivity index (χ0v) is 16.1. The molecule has 6 heteroatoms. The van der Waals surface area contributed by atoms with Crippen molar-refractivity contribution in [2.45, 2.75) is 26.2 Å². The van der Waals surface area contributed by atoms with E-state index in [9.17, 15) is 4.79 Å². The summed E-state index contributed by atoms with van der Waals surface area (Å²) < 4.78 is 17.4. The van der Waals surface area contributed by atoms with Gasteiger partial charge in [-0.3, -0.25) is 9.69 Å². The summed E-state index contributed by atoms with van der Waals surface area (Å²) in [6, 6.07) is 6.92. The number of likely N-dealkylation sites (tertiary alicyclic amines) is 1. The van der Waals surface area contributed by atoms with Gasteiger partial charge < -0.3 is 13.6 Å². The lowest BCUT2D eigenvalue weighted by atomic mass is 10.1. The number of fused-ring (bicyclic) bond motifs is 1. The number of ether oxygens (including phenoxy) is 1. The van der Waals surface area contributed by atoms with E-state index in [0.29, 0.717) is 34.1 Å². The Bertz CT molecular complexity index is 988. The number of halogens is 1. The summed E-state index contributed by atoms with van der Waals surface area (Å²) in [5, 5.41) is 0.939. The van der Waals surface area contributed by atoms with Crippen LogP contribution in [0.3, 0.4) is 0 Å². The number of rotatable bonds is 5. The fourth-order valence-electron chi connectivity index (χ4n) is 3.46. The van der Waals surface area contributed by atoms with Gasteiger partial charge in [-0.25, -0.2) is 0 Å². The van der Waals surface area contributed by atoms with E-state index >= 15 is 0 Å². The Morgan fingerprint density at radius 3 is 2.78 bits per heavy atom. The highest BCUT2D eigenvalue weighted by Crippen LogP contribution is 2.33. The van der Waals surface area contributed by atoms with Crippen LogP contribution >= 0.6 is 11.6 Å². The number of benzene rings is 1. The largest absolute Gasteiger partial charge is 0.485 e. The standard InChI is InChI=1S/C21H22ClNO4/c1-14-12-18-15(13-16(14)22)19(24)21(20(27-18)17-6-5-10-25-17)26-11-9-23-7-3-2-4-8-23/h5-6,10,12-13H,2-4,7-9,11H2,1H3. The van der Waals surface area contributed by atoms with E-state index in [-0.39, 0.29) is 11.2 Å². The number of piperidine rings is 1. The van der Waals surface area contributed by atoms with Gasteiger partial charge in [0.2, 0.25) is 16.9 Å². The molecule has 2 aromatic heterocycles. The van der Waals surface area contributed by atoms with Gasteiger partial charge in [-0.1, -0.05) is 18.0 Å². The van der Waals surface area contributed by atoms with E-state index in [2.05, 4.69) is 4.90 Å². The zero-order valence-electron chi connectivity index (χ0n) is 15.3. The molecule has 1 aromatic carbocycles. The van der Waals surface area contributed by atoms with Crippen LogP contribution in [0.4, 0.5) is 0 Å². The van der Waals surface area contributed by atoms with Crippen molar-refractivity contribution in [1.82, 2.24) is 4.90 Å². The maximum Gasteiger partial charge on any atom is 0.235 e. The molecular weight excluding hydrogens is 366 g/mol. The number of aryl methyl sites for hydroxylation is 1. The second-order valence-electron chi connectivity index (χ2n) is 6.92. The number of hydrogen-bond acceptors (Lipinski definition) is 5. The maximum absolute atomic E-state index is 13.1. The van der Waals surface area contributed by atoms with Crippen molar-refractivity contribution in [3.8, 4) is 17.3 Å². The number of nitrogens with zero attached hydrogens (tertiary/aromatic N) is 1. The Balaban J connectivity index is 1.70. The first-order valence-corrected chi connectivity index (χ1v) is 9.67. The van der Waals surface area contributed by atoms with Gasteiger partial charge >= 0.3 is 0 Å². The monoisotopic (exact) mass is 387 g/mol. The lowest BCUT2D eigenvalue weighted by Gasteiger charge is -2.26. The summed E-state index contributed by atoms with van der Waals surface area (Å²) in [6.07, 6.45) is 5.26. The van der Waals surface area contributed by atoms with Crippen LogP contribution in [-0.2, 0) is 0 Å². The third-order valence-corrected chi connectivity index (χ3v) is 5.38. The summed E-state index contributed by atoms with van der Waals surface area (Å²) >= 11 is 6.21. The van der Waals surface area contributed by atoms with Crippen LogP contribution in [0.1, 0.15) is 24.8 Å². The van der Waals surface area contributed by atoms with Crippen LogP contribution in [0.15, 0.2) is 44.2 Å². The van der Waals surface area contributed by atoms with Crippen LogP contribution in [0.5, 0.6) is 5.75 Å². The minimum absolute atomic E-state index is 0.175. The molecule has 27 heavy (non-hydrogen) atoms. The van der Waals surface area contributed by atoms with Gasteiger partial charge in [0.1, 0.15) is 12.2 Å². The normalized spacial score (nSPS) is 15.3. The van der Waals surface area contributed by atoms with Gasteiger partial charge in [-0.2, -0.15) is 0 Å². The molecule has 1 aliphatic rings. The van der Waals surface area contributed by atoms with Gasteiger partial charge in [0.15, 0.2) is 5.76 Å². The Kier molecular flexibility index (Phi) is 5.23. The summed E-state index contributed by atoms with van der Waals surface area (Å²) in [4.78, 5) is 15.5. The molecule has 0 spiro atoms. The average molecular weight is 388 g/mol. The molecule has 3 aromatic rings. The quantitative estimate of drug-likeness (QED) is 0.624. The van der Waals surface area contributed by atoms with Crippen molar-refractivity contribution in [3.05, 3.63) is 51.3 Å². The predicted octanol–water partition coefficient (Wildman–Crippen LogP) is 4.88. The molecular formula is C21H22ClNO4. The predicted molar refractivity (Wildman–Crippen MR) is 106 cm³/mol. The highest BCUT2D eigenvalue weighted by molar-refractivity contribution is 6.32. The van der Waals surface area contributed by atoms with Crippen LogP contribution in [0.2, 0.25) is 5.02 Å². The van der Waals surface area contributed by atoms with Gasteiger partial charge in [0.25, 0.3) is 0 Å². The summed E-state index contributed by atoms with van der Waals surface area (Å²) in [5.74, 6) is 0.960. The van der Waals surface area contributed by atoms with E-state index in [1.54, 1.807) is 30.5 Å². The molecule has 0 N–H and O–H groups in total. The minimum atomic E-state index is -0.233. The third-order valence-electron chi connectivity index (χ3n) is 4.98. The minimum Gasteiger partial charge on any atom is -0.485 e. The molecule has 0 saturated carbocycles. The van der Waals surface area contributed by atoms with E-state index < -0.39 is 0 Å². The number of furan rings is 1. The fraction of sp³-hybridized carbons (Fsp3) is 0.381. The van der Waals surface area contributed by atoms with Gasteiger partial charge in [-0.15, -0.1) is 0 Å². The molecule has 5 nitrogen and oxygen atoms in total. The van der Waals surface area contributed by atoms with Crippen LogP contribution in [-0.4, -0.2) is 31.1 Å². The topological polar surface area (TPSA) is 55.8 Å². The molecule has 4 rings (SSSR count). The van der Waals surface area contributed by atoms with Crippen molar-refractivity contribution >= 4 is 22.6 Å². The lowest BCUT2D eigenvalue weighted by molar-refractivity contribution is 0.182. The Hall–Kier alpha value is -2.24. The molecule has 142 valence electrons.